The normalized spacial score (nSPS) is 16.8. The van der Waals surface area contributed by atoms with Crippen LogP contribution in [-0.4, -0.2) is 23.8 Å². The summed E-state index contributed by atoms with van der Waals surface area (Å²) in [7, 11) is 1.52. The van der Waals surface area contributed by atoms with E-state index >= 15 is 0 Å². The number of hydrogen-bond donors (Lipinski definition) is 1. The fraction of sp³-hybridized carbons (Fsp3) is 0.161. The second-order valence-electron chi connectivity index (χ2n) is 9.41. The van der Waals surface area contributed by atoms with E-state index in [0.29, 0.717) is 28.0 Å². The SMILES string of the molecule is COc1ccc(C2C(C(=O)Nc3cccc(C(F)(F)F)c3)c3ccccc3C(=O)N2Cc2ccc(F)cc2)cc1. The number of nitrogens with one attached hydrogen (secondary N) is 1. The highest BCUT2D eigenvalue weighted by Crippen LogP contribution is 2.44. The van der Waals surface area contributed by atoms with Gasteiger partial charge in [0.05, 0.1) is 24.6 Å². The summed E-state index contributed by atoms with van der Waals surface area (Å²) >= 11 is 0. The summed E-state index contributed by atoms with van der Waals surface area (Å²) in [5.41, 5.74) is 1.10. The second-order valence-corrected chi connectivity index (χ2v) is 9.41. The van der Waals surface area contributed by atoms with Gasteiger partial charge in [0.15, 0.2) is 0 Å². The third-order valence-corrected chi connectivity index (χ3v) is 6.90. The second kappa shape index (κ2) is 10.8. The molecule has 0 aliphatic carbocycles. The van der Waals surface area contributed by atoms with E-state index in [1.807, 2.05) is 0 Å². The highest BCUT2D eigenvalue weighted by molar-refractivity contribution is 6.04. The Morgan fingerprint density at radius 3 is 2.30 bits per heavy atom. The molecule has 0 bridgehead atoms. The Hall–Kier alpha value is -4.66. The van der Waals surface area contributed by atoms with Crippen molar-refractivity contribution in [3.8, 4) is 5.75 Å². The van der Waals surface area contributed by atoms with Crippen LogP contribution < -0.4 is 10.1 Å². The van der Waals surface area contributed by atoms with Crippen LogP contribution in [0.15, 0.2) is 97.1 Å². The monoisotopic (exact) mass is 548 g/mol. The first-order chi connectivity index (χ1) is 19.2. The van der Waals surface area contributed by atoms with Crippen LogP contribution in [0.5, 0.6) is 5.75 Å². The molecule has 4 aromatic carbocycles. The van der Waals surface area contributed by atoms with Gasteiger partial charge in [-0.3, -0.25) is 9.59 Å². The molecule has 0 fully saturated rings. The van der Waals surface area contributed by atoms with E-state index in [0.717, 1.165) is 12.1 Å². The third kappa shape index (κ3) is 5.40. The number of hydrogen-bond acceptors (Lipinski definition) is 3. The lowest BCUT2D eigenvalue weighted by atomic mass is 9.79. The molecule has 2 atom stereocenters. The van der Waals surface area contributed by atoms with Crippen LogP contribution in [0.25, 0.3) is 0 Å². The number of alkyl halides is 3. The Kier molecular flexibility index (Phi) is 7.30. The lowest BCUT2D eigenvalue weighted by Crippen LogP contribution is -2.45. The quantitative estimate of drug-likeness (QED) is 0.265. The van der Waals surface area contributed by atoms with Crippen molar-refractivity contribution in [2.75, 3.05) is 12.4 Å². The Morgan fingerprint density at radius 2 is 1.62 bits per heavy atom. The molecule has 1 N–H and O–H groups in total. The highest BCUT2D eigenvalue weighted by Gasteiger charge is 2.44. The largest absolute Gasteiger partial charge is 0.497 e. The number of benzene rings is 4. The Bertz CT molecular complexity index is 1540. The van der Waals surface area contributed by atoms with Crippen molar-refractivity contribution in [1.82, 2.24) is 4.90 Å². The molecule has 4 aromatic rings. The number of methoxy groups -OCH3 is 1. The predicted octanol–water partition coefficient (Wildman–Crippen LogP) is 6.97. The van der Waals surface area contributed by atoms with Gasteiger partial charge in [0, 0.05) is 17.8 Å². The first kappa shape index (κ1) is 26.9. The van der Waals surface area contributed by atoms with Crippen molar-refractivity contribution in [2.45, 2.75) is 24.7 Å². The molecule has 5 nitrogen and oxygen atoms in total. The average molecular weight is 549 g/mol. The molecule has 0 radical (unpaired) electrons. The number of carbonyl (C=O) groups excluding carboxylic acids is 2. The van der Waals surface area contributed by atoms with E-state index in [9.17, 15) is 27.2 Å². The molecule has 9 heteroatoms. The Balaban J connectivity index is 1.61. The zero-order valence-electron chi connectivity index (χ0n) is 21.3. The zero-order chi connectivity index (χ0) is 28.4. The van der Waals surface area contributed by atoms with E-state index in [4.69, 9.17) is 4.74 Å². The summed E-state index contributed by atoms with van der Waals surface area (Å²) in [5.74, 6) is -1.74. The minimum atomic E-state index is -4.58. The predicted molar refractivity (Wildman–Crippen MR) is 141 cm³/mol. The van der Waals surface area contributed by atoms with Crippen LogP contribution in [0, 0.1) is 5.82 Å². The van der Waals surface area contributed by atoms with Gasteiger partial charge in [0.2, 0.25) is 5.91 Å². The maximum Gasteiger partial charge on any atom is 0.416 e. The summed E-state index contributed by atoms with van der Waals surface area (Å²) < 4.78 is 58.9. The van der Waals surface area contributed by atoms with Gasteiger partial charge in [0.1, 0.15) is 11.6 Å². The van der Waals surface area contributed by atoms with Gasteiger partial charge >= 0.3 is 6.18 Å². The minimum absolute atomic E-state index is 0.0206. The molecule has 5 rings (SSSR count). The number of fused-ring (bicyclic) bond motifs is 1. The fourth-order valence-corrected chi connectivity index (χ4v) is 5.00. The highest BCUT2D eigenvalue weighted by atomic mass is 19.4. The topological polar surface area (TPSA) is 58.6 Å². The number of nitrogens with zero attached hydrogens (tertiary/aromatic N) is 1. The van der Waals surface area contributed by atoms with Crippen molar-refractivity contribution >= 4 is 17.5 Å². The smallest absolute Gasteiger partial charge is 0.416 e. The Morgan fingerprint density at radius 1 is 0.925 bits per heavy atom. The molecule has 1 aliphatic heterocycles. The van der Waals surface area contributed by atoms with Crippen molar-refractivity contribution in [2.24, 2.45) is 0 Å². The van der Waals surface area contributed by atoms with Gasteiger partial charge in [-0.05, 0) is 65.2 Å². The van der Waals surface area contributed by atoms with Crippen molar-refractivity contribution in [3.63, 3.8) is 0 Å². The lowest BCUT2D eigenvalue weighted by molar-refractivity contribution is -0.137. The van der Waals surface area contributed by atoms with Crippen LogP contribution >= 0.6 is 0 Å². The zero-order valence-corrected chi connectivity index (χ0v) is 21.3. The van der Waals surface area contributed by atoms with Gasteiger partial charge < -0.3 is 15.0 Å². The van der Waals surface area contributed by atoms with Gasteiger partial charge in [-0.2, -0.15) is 13.2 Å². The first-order valence-electron chi connectivity index (χ1n) is 12.4. The number of rotatable bonds is 6. The van der Waals surface area contributed by atoms with E-state index < -0.39 is 35.4 Å². The number of ether oxygens (including phenoxy) is 1. The van der Waals surface area contributed by atoms with Crippen LogP contribution in [0.3, 0.4) is 0 Å². The molecule has 1 heterocycles. The number of carbonyl (C=O) groups is 2. The molecule has 2 amide bonds. The number of amides is 2. The molecule has 40 heavy (non-hydrogen) atoms. The molecule has 0 saturated heterocycles. The lowest BCUT2D eigenvalue weighted by Gasteiger charge is -2.42. The van der Waals surface area contributed by atoms with Crippen LogP contribution in [-0.2, 0) is 17.5 Å². The van der Waals surface area contributed by atoms with Crippen LogP contribution in [0.4, 0.5) is 23.2 Å². The van der Waals surface area contributed by atoms with Gasteiger partial charge in [-0.15, -0.1) is 0 Å². The molecule has 0 aromatic heterocycles. The van der Waals surface area contributed by atoms with E-state index in [2.05, 4.69) is 5.32 Å². The molecular weight excluding hydrogens is 524 g/mol. The van der Waals surface area contributed by atoms with Crippen molar-refractivity contribution < 1.29 is 31.9 Å². The standard InChI is InChI=1S/C31H24F4N2O3/c1-40-24-15-11-20(12-16-24)28-27(29(38)36-23-6-4-5-21(17-23)31(33,34)35)25-7-2-3-8-26(25)30(39)37(28)18-19-9-13-22(32)14-10-19/h2-17,27-28H,18H2,1H3,(H,36,38). The maximum absolute atomic E-state index is 13.9. The van der Waals surface area contributed by atoms with Crippen molar-refractivity contribution in [3.05, 3.63) is 131 Å². The summed E-state index contributed by atoms with van der Waals surface area (Å²) in [4.78, 5) is 29.3. The Labute approximate surface area is 228 Å². The summed E-state index contributed by atoms with van der Waals surface area (Å²) in [6.45, 7) is 0.0669. The number of anilines is 1. The molecular formula is C31H24F4N2O3. The van der Waals surface area contributed by atoms with Gasteiger partial charge in [0.25, 0.3) is 5.91 Å². The van der Waals surface area contributed by atoms with E-state index in [-0.39, 0.29) is 18.1 Å². The van der Waals surface area contributed by atoms with Gasteiger partial charge in [-0.1, -0.05) is 48.5 Å². The maximum atomic E-state index is 13.9. The molecule has 0 saturated carbocycles. The van der Waals surface area contributed by atoms with Crippen LogP contribution in [0.1, 0.15) is 44.6 Å². The first-order valence-corrected chi connectivity index (χ1v) is 12.4. The van der Waals surface area contributed by atoms with Crippen LogP contribution in [0.2, 0.25) is 0 Å². The fourth-order valence-electron chi connectivity index (χ4n) is 5.00. The summed E-state index contributed by atoms with van der Waals surface area (Å²) in [6, 6.07) is 22.8. The summed E-state index contributed by atoms with van der Waals surface area (Å²) in [6.07, 6.45) is -4.58. The van der Waals surface area contributed by atoms with E-state index in [1.165, 1.54) is 36.3 Å². The van der Waals surface area contributed by atoms with E-state index in [1.54, 1.807) is 60.7 Å². The summed E-state index contributed by atoms with van der Waals surface area (Å²) in [5, 5.41) is 2.64. The third-order valence-electron chi connectivity index (χ3n) is 6.90. The molecule has 2 unspecified atom stereocenters. The average Bonchev–Trinajstić information content (AvgIpc) is 2.95. The molecule has 204 valence electrons. The number of halogens is 4. The minimum Gasteiger partial charge on any atom is -0.497 e. The van der Waals surface area contributed by atoms with Gasteiger partial charge in [-0.25, -0.2) is 4.39 Å². The van der Waals surface area contributed by atoms with Crippen molar-refractivity contribution in [1.29, 1.82) is 0 Å². The molecule has 1 aliphatic rings. The molecule has 0 spiro atoms.